The second-order valence-corrected chi connectivity index (χ2v) is 7.91. The monoisotopic (exact) mass is 324 g/mol. The largest absolute Gasteiger partial charge is 0.480 e. The molecule has 0 unspecified atom stereocenters. The minimum Gasteiger partial charge on any atom is -0.480 e. The van der Waals surface area contributed by atoms with Crippen LogP contribution in [-0.2, 0) is 4.79 Å². The lowest BCUT2D eigenvalue weighted by molar-refractivity contribution is -0.148. The van der Waals surface area contributed by atoms with E-state index in [-0.39, 0.29) is 11.8 Å². The van der Waals surface area contributed by atoms with E-state index in [2.05, 4.69) is 4.90 Å². The average molecular weight is 324 g/mol. The molecule has 2 heterocycles. The van der Waals surface area contributed by atoms with Crippen LogP contribution in [0.15, 0.2) is 0 Å². The maximum absolute atomic E-state index is 11.9. The van der Waals surface area contributed by atoms with Crippen molar-refractivity contribution in [1.82, 2.24) is 4.90 Å². The first-order valence-corrected chi connectivity index (χ1v) is 9.04. The van der Waals surface area contributed by atoms with Crippen LogP contribution in [0.1, 0.15) is 51.4 Å². The fraction of sp³-hybridized carbons (Fsp3) is 0.938. The number of hydrogen-bond donors (Lipinski definition) is 4. The molecule has 130 valence electrons. The molecule has 3 rings (SSSR count). The highest BCUT2D eigenvalue weighted by Gasteiger charge is 2.49. The molecule has 6 nitrogen and oxygen atoms in total. The minimum absolute atomic E-state index is 0.00324. The van der Waals surface area contributed by atoms with Gasteiger partial charge in [0.1, 0.15) is 5.54 Å². The smallest absolute Gasteiger partial charge is 0.451 e. The molecule has 3 atom stereocenters. The molecule has 23 heavy (non-hydrogen) atoms. The Labute approximate surface area is 138 Å². The molecule has 2 aliphatic heterocycles. The Morgan fingerprint density at radius 3 is 2.26 bits per heavy atom. The van der Waals surface area contributed by atoms with Gasteiger partial charge in [-0.1, -0.05) is 6.42 Å². The fourth-order valence-corrected chi connectivity index (χ4v) is 5.16. The zero-order chi connectivity index (χ0) is 16.6. The fourth-order valence-electron chi connectivity index (χ4n) is 5.16. The summed E-state index contributed by atoms with van der Waals surface area (Å²) in [6.45, 7) is 0.813. The van der Waals surface area contributed by atoms with Crippen molar-refractivity contribution in [1.29, 1.82) is 0 Å². The molecule has 1 aliphatic carbocycles. The third kappa shape index (κ3) is 3.43. The first kappa shape index (κ1) is 17.2. The van der Waals surface area contributed by atoms with Gasteiger partial charge in [-0.3, -0.25) is 9.69 Å². The number of aliphatic carboxylic acids is 1. The molecular formula is C16H29BN2O4. The summed E-state index contributed by atoms with van der Waals surface area (Å²) in [6, 6.07) is 1.28. The summed E-state index contributed by atoms with van der Waals surface area (Å²) in [4.78, 5) is 14.4. The van der Waals surface area contributed by atoms with E-state index in [1.807, 2.05) is 0 Å². The normalized spacial score (nSPS) is 40.5. The van der Waals surface area contributed by atoms with Gasteiger partial charge in [0.2, 0.25) is 0 Å². The van der Waals surface area contributed by atoms with E-state index in [1.54, 1.807) is 0 Å². The van der Waals surface area contributed by atoms with E-state index in [0.717, 1.165) is 19.4 Å². The van der Waals surface area contributed by atoms with Crippen molar-refractivity contribution in [2.75, 3.05) is 6.54 Å². The lowest BCUT2D eigenvalue weighted by Crippen LogP contribution is -2.60. The van der Waals surface area contributed by atoms with Gasteiger partial charge in [0.25, 0.3) is 0 Å². The predicted octanol–water partition coefficient (Wildman–Crippen LogP) is 0.674. The van der Waals surface area contributed by atoms with E-state index in [0.29, 0.717) is 31.2 Å². The molecule has 0 amide bonds. The molecule has 0 aromatic rings. The summed E-state index contributed by atoms with van der Waals surface area (Å²) in [6.07, 6.45) is 8.13. The summed E-state index contributed by atoms with van der Waals surface area (Å²) in [5, 5.41) is 27.8. The van der Waals surface area contributed by atoms with Crippen LogP contribution in [0.3, 0.4) is 0 Å². The molecule has 5 N–H and O–H groups in total. The van der Waals surface area contributed by atoms with Crippen LogP contribution in [0.5, 0.6) is 0 Å². The Morgan fingerprint density at radius 2 is 1.74 bits per heavy atom. The Bertz CT molecular complexity index is 430. The number of nitrogens with zero attached hydrogens (tertiary/aromatic N) is 1. The summed E-state index contributed by atoms with van der Waals surface area (Å²) in [5.41, 5.74) is 5.21. The van der Waals surface area contributed by atoms with Gasteiger partial charge in [0, 0.05) is 24.5 Å². The molecule has 0 spiro atoms. The summed E-state index contributed by atoms with van der Waals surface area (Å²) < 4.78 is 0. The summed E-state index contributed by atoms with van der Waals surface area (Å²) >= 11 is 0. The highest BCUT2D eigenvalue weighted by molar-refractivity contribution is 6.40. The Morgan fingerprint density at radius 1 is 1.13 bits per heavy atom. The lowest BCUT2D eigenvalue weighted by Gasteiger charge is -2.43. The second kappa shape index (κ2) is 6.71. The standard InChI is InChI=1S/C16H29BN2O4/c18-16(15(20)21)9-11(7-8-17(22)23)1-2-12(16)10-19-13-3-4-14(19)6-5-13/h11-14,22-23H,1-10,18H2,(H,20,21)/t11-,12-,13?,14?,16+/m1/s1. The van der Waals surface area contributed by atoms with Gasteiger partial charge in [0.05, 0.1) is 0 Å². The molecule has 0 aromatic heterocycles. The second-order valence-electron chi connectivity index (χ2n) is 7.91. The first-order valence-electron chi connectivity index (χ1n) is 9.04. The van der Waals surface area contributed by atoms with E-state index in [4.69, 9.17) is 15.8 Å². The van der Waals surface area contributed by atoms with Crippen molar-refractivity contribution >= 4 is 13.1 Å². The number of hydrogen-bond acceptors (Lipinski definition) is 5. The van der Waals surface area contributed by atoms with Gasteiger partial charge in [-0.25, -0.2) is 0 Å². The van der Waals surface area contributed by atoms with Crippen LogP contribution in [-0.4, -0.2) is 57.3 Å². The van der Waals surface area contributed by atoms with E-state index in [1.165, 1.54) is 25.7 Å². The van der Waals surface area contributed by atoms with E-state index < -0.39 is 18.6 Å². The van der Waals surface area contributed by atoms with Gasteiger partial charge < -0.3 is 20.9 Å². The van der Waals surface area contributed by atoms with Gasteiger partial charge in [-0.05, 0) is 57.2 Å². The first-order chi connectivity index (χ1) is 10.9. The Kier molecular flexibility index (Phi) is 5.02. The highest BCUT2D eigenvalue weighted by atomic mass is 16.4. The van der Waals surface area contributed by atoms with Crippen molar-refractivity contribution in [2.24, 2.45) is 17.6 Å². The third-order valence-electron chi connectivity index (χ3n) is 6.55. The molecule has 0 aromatic carbocycles. The number of fused-ring (bicyclic) bond motifs is 2. The molecule has 2 saturated heterocycles. The van der Waals surface area contributed by atoms with Crippen LogP contribution in [0, 0.1) is 11.8 Å². The maximum atomic E-state index is 11.9. The highest BCUT2D eigenvalue weighted by Crippen LogP contribution is 2.43. The van der Waals surface area contributed by atoms with Gasteiger partial charge in [-0.2, -0.15) is 0 Å². The summed E-state index contributed by atoms with van der Waals surface area (Å²) in [5.74, 6) is -0.732. The molecule has 1 saturated carbocycles. The Hall–Kier alpha value is -0.625. The van der Waals surface area contributed by atoms with Crippen molar-refractivity contribution in [2.45, 2.75) is 75.3 Å². The van der Waals surface area contributed by atoms with Gasteiger partial charge >= 0.3 is 13.1 Å². The topological polar surface area (TPSA) is 107 Å². The number of carbonyl (C=O) groups is 1. The molecule has 3 aliphatic rings. The van der Waals surface area contributed by atoms with Crippen molar-refractivity contribution in [3.8, 4) is 0 Å². The summed E-state index contributed by atoms with van der Waals surface area (Å²) in [7, 11) is -1.31. The van der Waals surface area contributed by atoms with Crippen LogP contribution in [0.4, 0.5) is 0 Å². The third-order valence-corrected chi connectivity index (χ3v) is 6.55. The van der Waals surface area contributed by atoms with Crippen LogP contribution < -0.4 is 5.73 Å². The van der Waals surface area contributed by atoms with Gasteiger partial charge in [-0.15, -0.1) is 0 Å². The molecule has 7 heteroatoms. The molecule has 0 radical (unpaired) electrons. The van der Waals surface area contributed by atoms with Gasteiger partial charge in [0.15, 0.2) is 0 Å². The number of carboxylic acid groups (broad SMARTS) is 1. The molecular weight excluding hydrogens is 295 g/mol. The SMILES string of the molecule is N[C@@]1(C(=O)O)C[C@@H](CCB(O)O)CC[C@@H]1CN1C2CCC1CC2. The molecule has 3 fully saturated rings. The van der Waals surface area contributed by atoms with Crippen molar-refractivity contribution < 1.29 is 19.9 Å². The number of rotatable bonds is 6. The minimum atomic E-state index is -1.31. The van der Waals surface area contributed by atoms with Crippen molar-refractivity contribution in [3.05, 3.63) is 0 Å². The lowest BCUT2D eigenvalue weighted by atomic mass is 9.66. The molecule has 2 bridgehead atoms. The average Bonchev–Trinajstić information content (AvgIpc) is 3.07. The van der Waals surface area contributed by atoms with Crippen LogP contribution >= 0.6 is 0 Å². The zero-order valence-electron chi connectivity index (χ0n) is 13.7. The van der Waals surface area contributed by atoms with Crippen LogP contribution in [0.2, 0.25) is 6.32 Å². The predicted molar refractivity (Wildman–Crippen MR) is 87.8 cm³/mol. The quantitative estimate of drug-likeness (QED) is 0.535. The Balaban J connectivity index is 1.64. The zero-order valence-corrected chi connectivity index (χ0v) is 13.7. The van der Waals surface area contributed by atoms with Crippen LogP contribution in [0.25, 0.3) is 0 Å². The maximum Gasteiger partial charge on any atom is 0.451 e. The van der Waals surface area contributed by atoms with Crippen molar-refractivity contribution in [3.63, 3.8) is 0 Å². The number of nitrogens with two attached hydrogens (primary N) is 1. The van der Waals surface area contributed by atoms with E-state index in [9.17, 15) is 9.90 Å². The van der Waals surface area contributed by atoms with E-state index >= 15 is 0 Å². The number of carboxylic acids is 1.